The molecule has 0 spiro atoms. The summed E-state index contributed by atoms with van der Waals surface area (Å²) in [7, 11) is 0. The monoisotopic (exact) mass is 198 g/mol. The van der Waals surface area contributed by atoms with Gasteiger partial charge in [0.2, 0.25) is 0 Å². The van der Waals surface area contributed by atoms with E-state index in [0.29, 0.717) is 5.56 Å². The average Bonchev–Trinajstić information content (AvgIpc) is 2.17. The summed E-state index contributed by atoms with van der Waals surface area (Å²) < 4.78 is 0. The van der Waals surface area contributed by atoms with Gasteiger partial charge in [-0.25, -0.2) is 4.79 Å². The molecule has 6 heteroatoms. The number of rotatable bonds is 3. The maximum Gasteiger partial charge on any atom is 0.341 e. The first-order valence-electron chi connectivity index (χ1n) is 3.88. The Labute approximate surface area is 79.0 Å². The molecule has 0 fully saturated rings. The summed E-state index contributed by atoms with van der Waals surface area (Å²) in [6, 6.07) is 0.465. The molecule has 1 aromatic heterocycles. The van der Waals surface area contributed by atoms with Crippen LogP contribution < -0.4 is 11.3 Å². The highest BCUT2D eigenvalue weighted by atomic mass is 16.4. The molecule has 0 bridgehead atoms. The third kappa shape index (κ3) is 1.98. The third-order valence-corrected chi connectivity index (χ3v) is 1.78. The minimum atomic E-state index is -1.32. The number of aromatic carboxylic acids is 1. The summed E-state index contributed by atoms with van der Waals surface area (Å²) in [4.78, 5) is 23.8. The van der Waals surface area contributed by atoms with Crippen LogP contribution in [0.3, 0.4) is 0 Å². The zero-order chi connectivity index (χ0) is 10.7. The zero-order valence-electron chi connectivity index (χ0n) is 7.23. The van der Waals surface area contributed by atoms with Crippen LogP contribution in [-0.4, -0.2) is 27.8 Å². The van der Waals surface area contributed by atoms with Crippen molar-refractivity contribution in [2.75, 3.05) is 6.61 Å². The summed E-state index contributed by atoms with van der Waals surface area (Å²) in [6.45, 7) is -0.314. The molecule has 1 aromatic rings. The number of hydrogen-bond donors (Lipinski definition) is 4. The highest BCUT2D eigenvalue weighted by Crippen LogP contribution is 2.07. The highest BCUT2D eigenvalue weighted by molar-refractivity contribution is 5.87. The van der Waals surface area contributed by atoms with Crippen LogP contribution in [-0.2, 0) is 0 Å². The number of aliphatic hydroxyl groups is 1. The van der Waals surface area contributed by atoms with Crippen molar-refractivity contribution in [1.29, 1.82) is 0 Å². The van der Waals surface area contributed by atoms with Crippen LogP contribution in [0.2, 0.25) is 0 Å². The van der Waals surface area contributed by atoms with Crippen LogP contribution in [0, 0.1) is 0 Å². The molecule has 0 radical (unpaired) electrons. The van der Waals surface area contributed by atoms with Gasteiger partial charge < -0.3 is 20.9 Å². The van der Waals surface area contributed by atoms with E-state index in [1.54, 1.807) is 0 Å². The Hall–Kier alpha value is -1.66. The van der Waals surface area contributed by atoms with Gasteiger partial charge in [0.05, 0.1) is 12.6 Å². The largest absolute Gasteiger partial charge is 0.477 e. The predicted molar refractivity (Wildman–Crippen MR) is 48.0 cm³/mol. The number of H-pyrrole nitrogens is 1. The number of nitrogens with two attached hydrogens (primary N) is 1. The van der Waals surface area contributed by atoms with Crippen LogP contribution in [0.25, 0.3) is 0 Å². The topological polar surface area (TPSA) is 116 Å². The predicted octanol–water partition coefficient (Wildman–Crippen LogP) is -0.935. The SMILES string of the molecule is N[C@@H](CO)c1c[nH]c(=O)c(C(=O)O)c1. The lowest BCUT2D eigenvalue weighted by molar-refractivity contribution is 0.0694. The van der Waals surface area contributed by atoms with E-state index in [4.69, 9.17) is 15.9 Å². The summed E-state index contributed by atoms with van der Waals surface area (Å²) in [5.41, 5.74) is 4.76. The van der Waals surface area contributed by atoms with E-state index in [1.165, 1.54) is 6.20 Å². The Morgan fingerprint density at radius 1 is 1.64 bits per heavy atom. The molecule has 5 N–H and O–H groups in total. The van der Waals surface area contributed by atoms with Gasteiger partial charge in [-0.15, -0.1) is 0 Å². The molecule has 0 unspecified atom stereocenters. The lowest BCUT2D eigenvalue weighted by Gasteiger charge is -2.07. The minimum absolute atomic E-state index is 0.314. The molecule has 0 saturated heterocycles. The van der Waals surface area contributed by atoms with E-state index in [2.05, 4.69) is 4.98 Å². The van der Waals surface area contributed by atoms with E-state index >= 15 is 0 Å². The molecule has 0 aliphatic rings. The Balaban J connectivity index is 3.19. The first kappa shape index (κ1) is 10.4. The molecule has 0 amide bonds. The van der Waals surface area contributed by atoms with E-state index in [-0.39, 0.29) is 12.2 Å². The molecule has 0 aromatic carbocycles. The maximum absolute atomic E-state index is 11.0. The molecule has 0 aliphatic carbocycles. The molecule has 1 heterocycles. The Bertz CT molecular complexity index is 399. The average molecular weight is 198 g/mol. The summed E-state index contributed by atoms with van der Waals surface area (Å²) >= 11 is 0. The van der Waals surface area contributed by atoms with Crippen LogP contribution >= 0.6 is 0 Å². The second-order valence-electron chi connectivity index (χ2n) is 2.77. The van der Waals surface area contributed by atoms with Crippen molar-refractivity contribution in [3.63, 3.8) is 0 Å². The molecule has 1 rings (SSSR count). The molecular weight excluding hydrogens is 188 g/mol. The summed E-state index contributed by atoms with van der Waals surface area (Å²) in [5, 5.41) is 17.3. The van der Waals surface area contributed by atoms with Gasteiger partial charge in [-0.2, -0.15) is 0 Å². The van der Waals surface area contributed by atoms with Crippen molar-refractivity contribution >= 4 is 5.97 Å². The maximum atomic E-state index is 11.0. The van der Waals surface area contributed by atoms with Crippen LogP contribution in [0.15, 0.2) is 17.1 Å². The van der Waals surface area contributed by atoms with Gasteiger partial charge in [0.15, 0.2) is 0 Å². The summed E-state index contributed by atoms with van der Waals surface area (Å²) in [5.74, 6) is -1.32. The van der Waals surface area contributed by atoms with Gasteiger partial charge in [-0.3, -0.25) is 4.79 Å². The lowest BCUT2D eigenvalue weighted by atomic mass is 10.1. The third-order valence-electron chi connectivity index (χ3n) is 1.78. The quantitative estimate of drug-likeness (QED) is 0.500. The highest BCUT2D eigenvalue weighted by Gasteiger charge is 2.12. The number of pyridine rings is 1. The Morgan fingerprint density at radius 3 is 2.79 bits per heavy atom. The molecule has 14 heavy (non-hydrogen) atoms. The van der Waals surface area contributed by atoms with E-state index in [0.717, 1.165) is 6.07 Å². The zero-order valence-corrected chi connectivity index (χ0v) is 7.23. The van der Waals surface area contributed by atoms with Gasteiger partial charge in [-0.05, 0) is 11.6 Å². The van der Waals surface area contributed by atoms with Crippen molar-refractivity contribution < 1.29 is 15.0 Å². The van der Waals surface area contributed by atoms with Gasteiger partial charge in [0.25, 0.3) is 5.56 Å². The number of carboxylic acid groups (broad SMARTS) is 1. The van der Waals surface area contributed by atoms with Crippen molar-refractivity contribution in [1.82, 2.24) is 4.98 Å². The number of carbonyl (C=O) groups is 1. The lowest BCUT2D eigenvalue weighted by Crippen LogP contribution is -2.21. The standard InChI is InChI=1S/C8H10N2O4/c9-6(3-11)4-1-5(8(13)14)7(12)10-2-4/h1-2,6,11H,3,9H2,(H,10,12)(H,13,14)/t6-/m0/s1. The van der Waals surface area contributed by atoms with Crippen molar-refractivity contribution in [2.45, 2.75) is 6.04 Å². The second kappa shape index (κ2) is 4.03. The first-order valence-corrected chi connectivity index (χ1v) is 3.88. The molecule has 76 valence electrons. The number of aromatic nitrogens is 1. The number of nitrogens with one attached hydrogen (secondary N) is 1. The first-order chi connectivity index (χ1) is 6.56. The summed E-state index contributed by atoms with van der Waals surface area (Å²) in [6.07, 6.45) is 1.29. The fourth-order valence-corrected chi connectivity index (χ4v) is 0.979. The molecule has 0 saturated carbocycles. The van der Waals surface area contributed by atoms with Crippen LogP contribution in [0.1, 0.15) is 22.0 Å². The number of hydrogen-bond acceptors (Lipinski definition) is 4. The van der Waals surface area contributed by atoms with E-state index in [1.807, 2.05) is 0 Å². The van der Waals surface area contributed by atoms with Crippen molar-refractivity contribution in [2.24, 2.45) is 5.73 Å². The normalized spacial score (nSPS) is 12.4. The van der Waals surface area contributed by atoms with Crippen molar-refractivity contribution in [3.05, 3.63) is 33.7 Å². The second-order valence-corrected chi connectivity index (χ2v) is 2.77. The van der Waals surface area contributed by atoms with E-state index < -0.39 is 17.6 Å². The fourth-order valence-electron chi connectivity index (χ4n) is 0.979. The van der Waals surface area contributed by atoms with Gasteiger partial charge in [-0.1, -0.05) is 0 Å². The Morgan fingerprint density at radius 2 is 2.29 bits per heavy atom. The molecule has 6 nitrogen and oxygen atoms in total. The van der Waals surface area contributed by atoms with Crippen LogP contribution in [0.4, 0.5) is 0 Å². The fraction of sp³-hybridized carbons (Fsp3) is 0.250. The molecule has 0 aliphatic heterocycles. The van der Waals surface area contributed by atoms with Gasteiger partial charge >= 0.3 is 5.97 Å². The number of aromatic amines is 1. The number of carboxylic acids is 1. The molecular formula is C8H10N2O4. The molecule has 1 atom stereocenters. The van der Waals surface area contributed by atoms with Crippen molar-refractivity contribution in [3.8, 4) is 0 Å². The minimum Gasteiger partial charge on any atom is -0.477 e. The number of aliphatic hydroxyl groups excluding tert-OH is 1. The van der Waals surface area contributed by atoms with E-state index in [9.17, 15) is 9.59 Å². The van der Waals surface area contributed by atoms with Gasteiger partial charge in [0.1, 0.15) is 5.56 Å². The van der Waals surface area contributed by atoms with Crippen LogP contribution in [0.5, 0.6) is 0 Å². The van der Waals surface area contributed by atoms with Gasteiger partial charge in [0, 0.05) is 6.20 Å². The Kier molecular flexibility index (Phi) is 3.00. The smallest absolute Gasteiger partial charge is 0.341 e.